The average Bonchev–Trinajstić information content (AvgIpc) is 2.74. The normalized spacial score (nSPS) is 24.6. The minimum absolute atomic E-state index is 0.371. The molecule has 1 aliphatic carbocycles. The van der Waals surface area contributed by atoms with Crippen molar-refractivity contribution in [1.29, 1.82) is 0 Å². The molecule has 0 atom stereocenters. The van der Waals surface area contributed by atoms with Crippen LogP contribution in [0.3, 0.4) is 0 Å². The van der Waals surface area contributed by atoms with Crippen LogP contribution in [0.5, 0.6) is 0 Å². The lowest BCUT2D eigenvalue weighted by molar-refractivity contribution is 0.293. The van der Waals surface area contributed by atoms with Crippen LogP contribution in [0.25, 0.3) is 11.0 Å². The fourth-order valence-corrected chi connectivity index (χ4v) is 2.83. The summed E-state index contributed by atoms with van der Waals surface area (Å²) in [6.07, 6.45) is 6.27. The Hall–Kier alpha value is -1.45. The summed E-state index contributed by atoms with van der Waals surface area (Å²) in [7, 11) is 0. The second-order valence-electron chi connectivity index (χ2n) is 5.32. The molecule has 0 radical (unpaired) electrons. The number of benzene rings is 1. The van der Waals surface area contributed by atoms with Crippen molar-refractivity contribution in [3.05, 3.63) is 30.1 Å². The molecule has 1 heterocycles. The highest BCUT2D eigenvalue weighted by Crippen LogP contribution is 2.33. The Morgan fingerprint density at radius 3 is 2.50 bits per heavy atom. The zero-order valence-corrected chi connectivity index (χ0v) is 10.4. The number of halogens is 2. The van der Waals surface area contributed by atoms with Crippen LogP contribution < -0.4 is 0 Å². The molecule has 0 amide bonds. The highest BCUT2D eigenvalue weighted by atomic mass is 19.2. The number of hydrogen-bond donors (Lipinski definition) is 0. The zero-order chi connectivity index (χ0) is 12.7. The number of aromatic nitrogens is 2. The van der Waals surface area contributed by atoms with Crippen molar-refractivity contribution in [2.24, 2.45) is 5.92 Å². The van der Waals surface area contributed by atoms with Crippen LogP contribution in [0.2, 0.25) is 0 Å². The fraction of sp³-hybridized carbons (Fsp3) is 0.500. The molecule has 0 unspecified atom stereocenters. The van der Waals surface area contributed by atoms with E-state index in [1.807, 2.05) is 4.57 Å². The Balaban J connectivity index is 1.99. The maximum absolute atomic E-state index is 13.3. The molecule has 2 aromatic rings. The number of rotatable bonds is 1. The van der Waals surface area contributed by atoms with Gasteiger partial charge in [0.1, 0.15) is 0 Å². The molecule has 4 heteroatoms. The number of nitrogens with zero attached hydrogens (tertiary/aromatic N) is 2. The van der Waals surface area contributed by atoms with E-state index in [0.29, 0.717) is 17.1 Å². The molecule has 1 saturated carbocycles. The third-order valence-corrected chi connectivity index (χ3v) is 4.00. The Morgan fingerprint density at radius 1 is 1.11 bits per heavy atom. The Labute approximate surface area is 105 Å². The lowest BCUT2D eigenvalue weighted by Crippen LogP contribution is -2.16. The highest BCUT2D eigenvalue weighted by Gasteiger charge is 2.21. The topological polar surface area (TPSA) is 17.8 Å². The van der Waals surface area contributed by atoms with Gasteiger partial charge in [-0.3, -0.25) is 0 Å². The molecule has 0 N–H and O–H groups in total. The van der Waals surface area contributed by atoms with E-state index >= 15 is 0 Å². The van der Waals surface area contributed by atoms with Crippen LogP contribution in [0, 0.1) is 17.6 Å². The molecule has 0 saturated heterocycles. The summed E-state index contributed by atoms with van der Waals surface area (Å²) in [6, 6.07) is 2.80. The van der Waals surface area contributed by atoms with Gasteiger partial charge < -0.3 is 4.57 Å². The second-order valence-corrected chi connectivity index (χ2v) is 5.32. The van der Waals surface area contributed by atoms with Gasteiger partial charge in [0.25, 0.3) is 0 Å². The maximum Gasteiger partial charge on any atom is 0.161 e. The second kappa shape index (κ2) is 4.34. The van der Waals surface area contributed by atoms with Gasteiger partial charge in [0.05, 0.1) is 17.4 Å². The molecule has 1 fully saturated rings. The van der Waals surface area contributed by atoms with Gasteiger partial charge >= 0.3 is 0 Å². The lowest BCUT2D eigenvalue weighted by Gasteiger charge is -2.27. The molecule has 96 valence electrons. The van der Waals surface area contributed by atoms with Gasteiger partial charge in [0.2, 0.25) is 0 Å². The first-order valence-electron chi connectivity index (χ1n) is 6.46. The smallest absolute Gasteiger partial charge is 0.161 e. The fourth-order valence-electron chi connectivity index (χ4n) is 2.83. The molecule has 2 nitrogen and oxygen atoms in total. The summed E-state index contributed by atoms with van der Waals surface area (Å²) in [4.78, 5) is 4.17. The Morgan fingerprint density at radius 2 is 1.78 bits per heavy atom. The SMILES string of the molecule is CC1CCC(n2cnc3cc(F)c(F)cc32)CC1. The molecular formula is C14H16F2N2. The van der Waals surface area contributed by atoms with Crippen molar-refractivity contribution < 1.29 is 8.78 Å². The van der Waals surface area contributed by atoms with Crippen molar-refractivity contribution >= 4 is 11.0 Å². The molecule has 0 spiro atoms. The minimum atomic E-state index is -0.829. The van der Waals surface area contributed by atoms with Crippen molar-refractivity contribution in [3.63, 3.8) is 0 Å². The van der Waals surface area contributed by atoms with Crippen LogP contribution in [0.1, 0.15) is 38.6 Å². The van der Waals surface area contributed by atoms with Gasteiger partial charge in [-0.2, -0.15) is 0 Å². The molecule has 1 aliphatic rings. The third-order valence-electron chi connectivity index (χ3n) is 4.00. The quantitative estimate of drug-likeness (QED) is 0.746. The van der Waals surface area contributed by atoms with Crippen molar-refractivity contribution in [1.82, 2.24) is 9.55 Å². The van der Waals surface area contributed by atoms with Crippen LogP contribution >= 0.6 is 0 Å². The van der Waals surface area contributed by atoms with Crippen molar-refractivity contribution in [2.75, 3.05) is 0 Å². The van der Waals surface area contributed by atoms with Gasteiger partial charge in [-0.25, -0.2) is 13.8 Å². The minimum Gasteiger partial charge on any atom is -0.327 e. The van der Waals surface area contributed by atoms with Crippen LogP contribution in [-0.2, 0) is 0 Å². The van der Waals surface area contributed by atoms with Crippen LogP contribution in [-0.4, -0.2) is 9.55 Å². The zero-order valence-electron chi connectivity index (χ0n) is 10.4. The maximum atomic E-state index is 13.3. The first kappa shape index (κ1) is 11.6. The Bertz CT molecular complexity index is 568. The molecule has 0 bridgehead atoms. The summed E-state index contributed by atoms with van der Waals surface area (Å²) >= 11 is 0. The van der Waals surface area contributed by atoms with Gasteiger partial charge in [-0.05, 0) is 31.6 Å². The largest absolute Gasteiger partial charge is 0.327 e. The van der Waals surface area contributed by atoms with Gasteiger partial charge in [0, 0.05) is 18.2 Å². The molecule has 1 aromatic carbocycles. The van der Waals surface area contributed by atoms with Crippen molar-refractivity contribution in [2.45, 2.75) is 38.6 Å². The summed E-state index contributed by atoms with van der Waals surface area (Å²) in [5.41, 5.74) is 1.24. The lowest BCUT2D eigenvalue weighted by atomic mass is 9.87. The van der Waals surface area contributed by atoms with E-state index in [1.165, 1.54) is 25.0 Å². The molecular weight excluding hydrogens is 234 g/mol. The van der Waals surface area contributed by atoms with Crippen LogP contribution in [0.15, 0.2) is 18.5 Å². The molecule has 18 heavy (non-hydrogen) atoms. The third kappa shape index (κ3) is 1.89. The standard InChI is InChI=1S/C14H16F2N2/c1-9-2-4-10(5-3-9)18-8-17-13-6-11(15)12(16)7-14(13)18/h6-10H,2-5H2,1H3. The predicted molar refractivity (Wildman–Crippen MR) is 66.3 cm³/mol. The van der Waals surface area contributed by atoms with Crippen molar-refractivity contribution in [3.8, 4) is 0 Å². The first-order chi connectivity index (χ1) is 8.65. The molecule has 3 rings (SSSR count). The Kier molecular flexibility index (Phi) is 2.80. The van der Waals surface area contributed by atoms with E-state index < -0.39 is 11.6 Å². The van der Waals surface area contributed by atoms with Crippen LogP contribution in [0.4, 0.5) is 8.78 Å². The van der Waals surface area contributed by atoms with E-state index in [-0.39, 0.29) is 0 Å². The number of hydrogen-bond acceptors (Lipinski definition) is 1. The molecule has 1 aromatic heterocycles. The van der Waals surface area contributed by atoms with Gasteiger partial charge in [-0.1, -0.05) is 6.92 Å². The van der Waals surface area contributed by atoms with E-state index in [1.54, 1.807) is 6.33 Å². The van der Waals surface area contributed by atoms with E-state index in [2.05, 4.69) is 11.9 Å². The van der Waals surface area contributed by atoms with Gasteiger partial charge in [0.15, 0.2) is 11.6 Å². The number of imidazole rings is 1. The van der Waals surface area contributed by atoms with Gasteiger partial charge in [-0.15, -0.1) is 0 Å². The summed E-state index contributed by atoms with van der Waals surface area (Å²) in [6.45, 7) is 2.26. The summed E-state index contributed by atoms with van der Waals surface area (Å²) < 4.78 is 28.5. The predicted octanol–water partition coefficient (Wildman–Crippen LogP) is 4.07. The van der Waals surface area contributed by atoms with E-state index in [0.717, 1.165) is 18.8 Å². The average molecular weight is 250 g/mol. The number of fused-ring (bicyclic) bond motifs is 1. The molecule has 0 aliphatic heterocycles. The van der Waals surface area contributed by atoms with E-state index in [4.69, 9.17) is 0 Å². The summed E-state index contributed by atoms with van der Waals surface area (Å²) in [5, 5.41) is 0. The first-order valence-corrected chi connectivity index (χ1v) is 6.46. The highest BCUT2D eigenvalue weighted by molar-refractivity contribution is 5.75. The summed E-state index contributed by atoms with van der Waals surface area (Å²) in [5.74, 6) is -0.858. The van der Waals surface area contributed by atoms with E-state index in [9.17, 15) is 8.78 Å². The monoisotopic (exact) mass is 250 g/mol.